The van der Waals surface area contributed by atoms with Crippen LogP contribution in [-0.2, 0) is 4.79 Å². The van der Waals surface area contributed by atoms with Crippen molar-refractivity contribution >= 4 is 11.6 Å². The van der Waals surface area contributed by atoms with E-state index >= 15 is 0 Å². The van der Waals surface area contributed by atoms with Crippen LogP contribution < -0.4 is 10.1 Å². The fourth-order valence-corrected chi connectivity index (χ4v) is 3.24. The van der Waals surface area contributed by atoms with Crippen LogP contribution in [0.3, 0.4) is 0 Å². The Bertz CT molecular complexity index is 1170. The molecule has 1 heterocycles. The van der Waals surface area contributed by atoms with Crippen LogP contribution in [0.5, 0.6) is 5.75 Å². The molecule has 0 saturated carbocycles. The molecule has 3 aromatic carbocycles. The molecule has 0 saturated heterocycles. The number of hydrogen-bond acceptors (Lipinski definition) is 5. The smallest absolute Gasteiger partial charge is 0.262 e. The van der Waals surface area contributed by atoms with E-state index < -0.39 is 0 Å². The molecule has 0 spiro atoms. The first-order valence-electron chi connectivity index (χ1n) is 10.6. The first-order chi connectivity index (χ1) is 15.6. The number of aromatic nitrogens is 2. The summed E-state index contributed by atoms with van der Waals surface area (Å²) in [7, 11) is 0. The third-order valence-corrected chi connectivity index (χ3v) is 5.27. The summed E-state index contributed by atoms with van der Waals surface area (Å²) >= 11 is 0. The number of benzene rings is 3. The number of amides is 1. The first-order valence-corrected chi connectivity index (χ1v) is 10.6. The summed E-state index contributed by atoms with van der Waals surface area (Å²) in [6, 6.07) is 24.7. The zero-order valence-electron chi connectivity index (χ0n) is 18.1. The van der Waals surface area contributed by atoms with Crippen molar-refractivity contribution in [3.8, 4) is 28.7 Å². The predicted molar refractivity (Wildman–Crippen MR) is 124 cm³/mol. The van der Waals surface area contributed by atoms with Gasteiger partial charge in [0.15, 0.2) is 6.61 Å². The molecular weight excluding hydrogens is 402 g/mol. The lowest BCUT2D eigenvalue weighted by atomic mass is 9.99. The molecule has 1 amide bonds. The SMILES string of the molecule is CCC(C)c1ccc(OCC(=O)Nc2cccc(-c3nnc(-c4ccccc4)o3)c2)cc1. The number of carbonyl (C=O) groups is 1. The maximum atomic E-state index is 12.4. The molecule has 162 valence electrons. The molecule has 0 aliphatic carbocycles. The molecule has 0 aliphatic rings. The van der Waals surface area contributed by atoms with Crippen LogP contribution in [0, 0.1) is 0 Å². The number of hydrogen-bond donors (Lipinski definition) is 1. The molecule has 4 rings (SSSR count). The van der Waals surface area contributed by atoms with E-state index in [1.807, 2.05) is 66.7 Å². The van der Waals surface area contributed by atoms with Gasteiger partial charge in [0, 0.05) is 16.8 Å². The van der Waals surface area contributed by atoms with Gasteiger partial charge in [0.1, 0.15) is 5.75 Å². The lowest BCUT2D eigenvalue weighted by Gasteiger charge is -2.11. The highest BCUT2D eigenvalue weighted by molar-refractivity contribution is 5.92. The number of nitrogens with zero attached hydrogens (tertiary/aromatic N) is 2. The van der Waals surface area contributed by atoms with Crippen molar-refractivity contribution < 1.29 is 13.9 Å². The summed E-state index contributed by atoms with van der Waals surface area (Å²) < 4.78 is 11.4. The van der Waals surface area contributed by atoms with Gasteiger partial charge in [-0.1, -0.05) is 50.2 Å². The Morgan fingerprint density at radius 2 is 1.62 bits per heavy atom. The number of nitrogens with one attached hydrogen (secondary N) is 1. The van der Waals surface area contributed by atoms with Crippen LogP contribution in [0.1, 0.15) is 31.7 Å². The number of anilines is 1. The first kappa shape index (κ1) is 21.3. The van der Waals surface area contributed by atoms with Gasteiger partial charge in [-0.15, -0.1) is 10.2 Å². The van der Waals surface area contributed by atoms with E-state index in [0.717, 1.165) is 17.5 Å². The van der Waals surface area contributed by atoms with Crippen molar-refractivity contribution in [3.63, 3.8) is 0 Å². The summed E-state index contributed by atoms with van der Waals surface area (Å²) in [5.74, 6) is 1.76. The Balaban J connectivity index is 1.37. The van der Waals surface area contributed by atoms with Gasteiger partial charge in [0.25, 0.3) is 5.91 Å². The Morgan fingerprint density at radius 1 is 0.938 bits per heavy atom. The van der Waals surface area contributed by atoms with Crippen molar-refractivity contribution in [3.05, 3.63) is 84.4 Å². The molecule has 0 fully saturated rings. The molecule has 0 bridgehead atoms. The quantitative estimate of drug-likeness (QED) is 0.377. The topological polar surface area (TPSA) is 77.2 Å². The molecule has 32 heavy (non-hydrogen) atoms. The third kappa shape index (κ3) is 5.21. The van der Waals surface area contributed by atoms with E-state index in [0.29, 0.717) is 29.1 Å². The molecule has 1 unspecified atom stereocenters. The molecule has 6 nitrogen and oxygen atoms in total. The lowest BCUT2D eigenvalue weighted by molar-refractivity contribution is -0.118. The van der Waals surface area contributed by atoms with Gasteiger partial charge in [-0.25, -0.2) is 0 Å². The normalized spacial score (nSPS) is 11.7. The van der Waals surface area contributed by atoms with Gasteiger partial charge < -0.3 is 14.5 Å². The molecule has 1 atom stereocenters. The average Bonchev–Trinajstić information content (AvgIpc) is 3.34. The maximum absolute atomic E-state index is 12.4. The monoisotopic (exact) mass is 427 g/mol. The molecule has 1 aromatic heterocycles. The molecule has 0 aliphatic heterocycles. The molecule has 1 N–H and O–H groups in total. The van der Waals surface area contributed by atoms with Gasteiger partial charge in [0.2, 0.25) is 11.8 Å². The Hall–Kier alpha value is -3.93. The standard InChI is InChI=1S/C26H25N3O3/c1-3-18(2)19-12-14-23(15-13-19)31-17-24(30)27-22-11-7-10-21(16-22)26-29-28-25(32-26)20-8-5-4-6-9-20/h4-16,18H,3,17H2,1-2H3,(H,27,30). The summed E-state index contributed by atoms with van der Waals surface area (Å²) in [5.41, 5.74) is 3.46. The molecule has 4 aromatic rings. The van der Waals surface area contributed by atoms with Crippen LogP contribution in [-0.4, -0.2) is 22.7 Å². The van der Waals surface area contributed by atoms with Crippen molar-refractivity contribution in [2.75, 3.05) is 11.9 Å². The van der Waals surface area contributed by atoms with Crippen LogP contribution in [0.4, 0.5) is 5.69 Å². The second-order valence-electron chi connectivity index (χ2n) is 7.57. The van der Waals surface area contributed by atoms with Gasteiger partial charge in [0.05, 0.1) is 0 Å². The minimum Gasteiger partial charge on any atom is -0.484 e. The largest absolute Gasteiger partial charge is 0.484 e. The van der Waals surface area contributed by atoms with Crippen LogP contribution in [0.25, 0.3) is 22.9 Å². The van der Waals surface area contributed by atoms with Gasteiger partial charge in [-0.3, -0.25) is 4.79 Å². The second kappa shape index (κ2) is 9.92. The van der Waals surface area contributed by atoms with Crippen LogP contribution in [0.15, 0.2) is 83.3 Å². The highest BCUT2D eigenvalue weighted by Gasteiger charge is 2.12. The zero-order valence-corrected chi connectivity index (χ0v) is 18.1. The van der Waals surface area contributed by atoms with Crippen molar-refractivity contribution in [2.24, 2.45) is 0 Å². The number of ether oxygens (including phenoxy) is 1. The van der Waals surface area contributed by atoms with Crippen molar-refractivity contribution in [1.82, 2.24) is 10.2 Å². The van der Waals surface area contributed by atoms with Crippen LogP contribution >= 0.6 is 0 Å². The average molecular weight is 428 g/mol. The molecule has 0 radical (unpaired) electrons. The molecular formula is C26H25N3O3. The lowest BCUT2D eigenvalue weighted by Crippen LogP contribution is -2.20. The Kier molecular flexibility index (Phi) is 6.60. The second-order valence-corrected chi connectivity index (χ2v) is 7.57. The van der Waals surface area contributed by atoms with E-state index in [1.54, 1.807) is 12.1 Å². The summed E-state index contributed by atoms with van der Waals surface area (Å²) in [6.45, 7) is 4.27. The van der Waals surface area contributed by atoms with E-state index in [-0.39, 0.29) is 12.5 Å². The summed E-state index contributed by atoms with van der Waals surface area (Å²) in [4.78, 5) is 12.4. The third-order valence-electron chi connectivity index (χ3n) is 5.27. The maximum Gasteiger partial charge on any atom is 0.262 e. The predicted octanol–water partition coefficient (Wildman–Crippen LogP) is 5.93. The van der Waals surface area contributed by atoms with Crippen molar-refractivity contribution in [1.29, 1.82) is 0 Å². The van der Waals surface area contributed by atoms with Gasteiger partial charge in [-0.2, -0.15) is 0 Å². The minimum absolute atomic E-state index is 0.0778. The highest BCUT2D eigenvalue weighted by atomic mass is 16.5. The highest BCUT2D eigenvalue weighted by Crippen LogP contribution is 2.26. The van der Waals surface area contributed by atoms with E-state index in [9.17, 15) is 4.79 Å². The summed E-state index contributed by atoms with van der Waals surface area (Å²) in [5, 5.41) is 11.1. The fourth-order valence-electron chi connectivity index (χ4n) is 3.24. The fraction of sp³-hybridized carbons (Fsp3) is 0.192. The number of carbonyl (C=O) groups excluding carboxylic acids is 1. The Morgan fingerprint density at radius 3 is 2.34 bits per heavy atom. The summed E-state index contributed by atoms with van der Waals surface area (Å²) in [6.07, 6.45) is 1.08. The van der Waals surface area contributed by atoms with Gasteiger partial charge in [-0.05, 0) is 60.4 Å². The van der Waals surface area contributed by atoms with E-state index in [4.69, 9.17) is 9.15 Å². The minimum atomic E-state index is -0.247. The molecule has 6 heteroatoms. The Labute approximate surface area is 187 Å². The van der Waals surface area contributed by atoms with E-state index in [2.05, 4.69) is 29.4 Å². The van der Waals surface area contributed by atoms with E-state index in [1.165, 1.54) is 5.56 Å². The van der Waals surface area contributed by atoms with Crippen molar-refractivity contribution in [2.45, 2.75) is 26.2 Å². The number of rotatable bonds is 8. The van der Waals surface area contributed by atoms with Gasteiger partial charge >= 0.3 is 0 Å². The van der Waals surface area contributed by atoms with Crippen LogP contribution in [0.2, 0.25) is 0 Å². The zero-order chi connectivity index (χ0) is 22.3.